The normalized spacial score (nSPS) is 13.9. The summed E-state index contributed by atoms with van der Waals surface area (Å²) in [4.78, 5) is 19.4. The lowest BCUT2D eigenvalue weighted by Gasteiger charge is -2.23. The summed E-state index contributed by atoms with van der Waals surface area (Å²) in [5, 5.41) is 3.16. The molecule has 1 atom stereocenters. The quantitative estimate of drug-likeness (QED) is 0.773. The molecule has 130 valence electrons. The third-order valence-electron chi connectivity index (χ3n) is 4.74. The maximum Gasteiger partial charge on any atom is 0.240 e. The lowest BCUT2D eigenvalue weighted by molar-refractivity contribution is -0.120. The second-order valence-corrected chi connectivity index (χ2v) is 6.47. The van der Waals surface area contributed by atoms with Crippen LogP contribution < -0.4 is 10.2 Å². The molecule has 0 radical (unpaired) electrons. The number of fused-ring (bicyclic) bond motifs is 1. The van der Waals surface area contributed by atoms with Gasteiger partial charge >= 0.3 is 0 Å². The van der Waals surface area contributed by atoms with Crippen LogP contribution in [0.25, 0.3) is 0 Å². The van der Waals surface area contributed by atoms with Crippen LogP contribution in [0.1, 0.15) is 22.9 Å². The minimum atomic E-state index is -0.247. The zero-order valence-corrected chi connectivity index (χ0v) is 14.5. The number of para-hydroxylation sites is 1. The van der Waals surface area contributed by atoms with Crippen LogP contribution in [0.3, 0.4) is 0 Å². The van der Waals surface area contributed by atoms with Crippen molar-refractivity contribution in [3.05, 3.63) is 95.8 Å². The van der Waals surface area contributed by atoms with Crippen molar-refractivity contribution in [2.75, 3.05) is 18.0 Å². The summed E-state index contributed by atoms with van der Waals surface area (Å²) in [5.74, 6) is 0.00112. The predicted molar refractivity (Wildman–Crippen MR) is 103 cm³/mol. The van der Waals surface area contributed by atoms with E-state index < -0.39 is 0 Å². The van der Waals surface area contributed by atoms with E-state index in [2.05, 4.69) is 33.4 Å². The van der Waals surface area contributed by atoms with Crippen LogP contribution in [-0.2, 0) is 11.2 Å². The van der Waals surface area contributed by atoms with E-state index in [0.29, 0.717) is 6.54 Å². The van der Waals surface area contributed by atoms with Crippen LogP contribution >= 0.6 is 0 Å². The highest BCUT2D eigenvalue weighted by Crippen LogP contribution is 2.27. The molecule has 0 bridgehead atoms. The minimum absolute atomic E-state index is 0.00112. The molecule has 0 unspecified atom stereocenters. The fourth-order valence-electron chi connectivity index (χ4n) is 3.47. The highest BCUT2D eigenvalue weighted by molar-refractivity contribution is 5.83. The van der Waals surface area contributed by atoms with Crippen molar-refractivity contribution in [3.8, 4) is 0 Å². The van der Waals surface area contributed by atoms with Crippen molar-refractivity contribution < 1.29 is 4.79 Å². The van der Waals surface area contributed by atoms with Gasteiger partial charge in [-0.1, -0.05) is 54.6 Å². The second-order valence-electron chi connectivity index (χ2n) is 6.47. The molecule has 2 heterocycles. The van der Waals surface area contributed by atoms with Gasteiger partial charge in [0, 0.05) is 18.4 Å². The predicted octanol–water partition coefficient (Wildman–Crippen LogP) is 3.35. The number of nitrogens with one attached hydrogen (secondary N) is 1. The van der Waals surface area contributed by atoms with Gasteiger partial charge in [0.15, 0.2) is 0 Å². The number of benzene rings is 2. The maximum atomic E-state index is 12.8. The largest absolute Gasteiger partial charge is 0.362 e. The van der Waals surface area contributed by atoms with Crippen LogP contribution in [-0.4, -0.2) is 24.0 Å². The Kier molecular flexibility index (Phi) is 4.65. The molecule has 2 aromatic carbocycles. The van der Waals surface area contributed by atoms with E-state index in [1.165, 1.54) is 5.56 Å². The first-order valence-electron chi connectivity index (χ1n) is 8.89. The highest BCUT2D eigenvalue weighted by Gasteiger charge is 2.23. The minimum Gasteiger partial charge on any atom is -0.362 e. The Morgan fingerprint density at radius 3 is 2.58 bits per heavy atom. The third-order valence-corrected chi connectivity index (χ3v) is 4.74. The number of hydrogen-bond acceptors (Lipinski definition) is 3. The van der Waals surface area contributed by atoms with E-state index in [1.807, 2.05) is 54.6 Å². The summed E-state index contributed by atoms with van der Waals surface area (Å²) in [7, 11) is 0. The van der Waals surface area contributed by atoms with Crippen molar-refractivity contribution >= 4 is 11.6 Å². The first kappa shape index (κ1) is 16.3. The van der Waals surface area contributed by atoms with E-state index in [1.54, 1.807) is 6.20 Å². The topological polar surface area (TPSA) is 45.2 Å². The van der Waals surface area contributed by atoms with Gasteiger partial charge in [0.25, 0.3) is 0 Å². The van der Waals surface area contributed by atoms with Crippen LogP contribution in [0, 0.1) is 0 Å². The first-order valence-corrected chi connectivity index (χ1v) is 8.89. The summed E-state index contributed by atoms with van der Waals surface area (Å²) < 4.78 is 0. The lowest BCUT2D eigenvalue weighted by Crippen LogP contribution is -2.38. The van der Waals surface area contributed by atoms with Gasteiger partial charge in [0.1, 0.15) is 0 Å². The molecule has 0 saturated carbocycles. The lowest BCUT2D eigenvalue weighted by atomic mass is 10.0. The maximum absolute atomic E-state index is 12.8. The van der Waals surface area contributed by atoms with Gasteiger partial charge in [0.05, 0.1) is 18.3 Å². The highest BCUT2D eigenvalue weighted by atomic mass is 16.2. The monoisotopic (exact) mass is 343 g/mol. The molecular weight excluding hydrogens is 322 g/mol. The molecule has 1 aliphatic heterocycles. The molecule has 0 saturated heterocycles. The standard InChI is InChI=1S/C22H21N3O/c26-21(16-25-15-13-17-8-4-5-12-20(17)25)24-22(18-9-2-1-3-10-18)19-11-6-7-14-23-19/h1-12,14,22H,13,15-16H2,(H,24,26)/t22-/m0/s1. The zero-order valence-electron chi connectivity index (χ0n) is 14.5. The van der Waals surface area contributed by atoms with Crippen molar-refractivity contribution in [3.63, 3.8) is 0 Å². The Bertz CT molecular complexity index is 841. The number of rotatable bonds is 5. The molecule has 26 heavy (non-hydrogen) atoms. The van der Waals surface area contributed by atoms with Crippen molar-refractivity contribution in [1.82, 2.24) is 10.3 Å². The first-order chi connectivity index (χ1) is 12.8. The number of amides is 1. The average Bonchev–Trinajstić information content (AvgIpc) is 3.10. The molecule has 3 aromatic rings. The number of aromatic nitrogens is 1. The van der Waals surface area contributed by atoms with Gasteiger partial charge in [-0.3, -0.25) is 9.78 Å². The van der Waals surface area contributed by atoms with Crippen LogP contribution in [0.5, 0.6) is 0 Å². The number of anilines is 1. The molecule has 1 N–H and O–H groups in total. The molecule has 4 rings (SSSR count). The summed E-state index contributed by atoms with van der Waals surface area (Å²) >= 11 is 0. The molecule has 1 aromatic heterocycles. The van der Waals surface area contributed by atoms with E-state index in [-0.39, 0.29) is 11.9 Å². The Balaban J connectivity index is 1.52. The van der Waals surface area contributed by atoms with Crippen molar-refractivity contribution in [1.29, 1.82) is 0 Å². The Labute approximate surface area is 153 Å². The van der Waals surface area contributed by atoms with Gasteiger partial charge < -0.3 is 10.2 Å². The summed E-state index contributed by atoms with van der Waals surface area (Å²) in [5.41, 5.74) is 4.34. The van der Waals surface area contributed by atoms with Crippen molar-refractivity contribution in [2.45, 2.75) is 12.5 Å². The summed E-state index contributed by atoms with van der Waals surface area (Å²) in [6, 6.07) is 23.8. The van der Waals surface area contributed by atoms with E-state index >= 15 is 0 Å². The number of carbonyl (C=O) groups excluding carboxylic acids is 1. The number of pyridine rings is 1. The molecule has 4 heteroatoms. The van der Waals surface area contributed by atoms with E-state index in [0.717, 1.165) is 29.9 Å². The average molecular weight is 343 g/mol. The van der Waals surface area contributed by atoms with E-state index in [9.17, 15) is 4.79 Å². The third kappa shape index (κ3) is 3.45. The SMILES string of the molecule is O=C(CN1CCc2ccccc21)N[C@@H](c1ccccc1)c1ccccn1. The fourth-order valence-corrected chi connectivity index (χ4v) is 3.47. The molecule has 0 aliphatic carbocycles. The van der Waals surface area contributed by atoms with Gasteiger partial charge in [-0.15, -0.1) is 0 Å². The van der Waals surface area contributed by atoms with Gasteiger partial charge in [0.2, 0.25) is 5.91 Å². The zero-order chi connectivity index (χ0) is 17.8. The van der Waals surface area contributed by atoms with Crippen LogP contribution in [0.2, 0.25) is 0 Å². The number of nitrogens with zero attached hydrogens (tertiary/aromatic N) is 2. The molecule has 0 spiro atoms. The number of carbonyl (C=O) groups is 1. The van der Waals surface area contributed by atoms with Crippen LogP contribution in [0.15, 0.2) is 79.0 Å². The van der Waals surface area contributed by atoms with Gasteiger partial charge in [-0.2, -0.15) is 0 Å². The molecule has 4 nitrogen and oxygen atoms in total. The Morgan fingerprint density at radius 2 is 1.77 bits per heavy atom. The molecule has 0 fully saturated rings. The van der Waals surface area contributed by atoms with Gasteiger partial charge in [-0.05, 0) is 35.7 Å². The number of hydrogen-bond donors (Lipinski definition) is 1. The Morgan fingerprint density at radius 1 is 1.00 bits per heavy atom. The summed E-state index contributed by atoms with van der Waals surface area (Å²) in [6.07, 6.45) is 2.75. The van der Waals surface area contributed by atoms with Crippen molar-refractivity contribution in [2.24, 2.45) is 0 Å². The molecule has 1 aliphatic rings. The fraction of sp³-hybridized carbons (Fsp3) is 0.182. The smallest absolute Gasteiger partial charge is 0.240 e. The second kappa shape index (κ2) is 7.40. The van der Waals surface area contributed by atoms with Crippen LogP contribution in [0.4, 0.5) is 5.69 Å². The van der Waals surface area contributed by atoms with Gasteiger partial charge in [-0.25, -0.2) is 0 Å². The summed E-state index contributed by atoms with van der Waals surface area (Å²) in [6.45, 7) is 1.24. The van der Waals surface area contributed by atoms with E-state index in [4.69, 9.17) is 0 Å². The Hall–Kier alpha value is -3.14. The molecular formula is C22H21N3O. The molecule has 1 amide bonds.